The Balaban J connectivity index is 4.61. The Morgan fingerprint density at radius 3 is 1.69 bits per heavy atom. The topological polar surface area (TPSA) is 192 Å². The molecule has 4 atom stereocenters. The Labute approximate surface area is 367 Å². The van der Waals surface area contributed by atoms with Gasteiger partial charge in [0.15, 0.2) is 6.10 Å². The van der Waals surface area contributed by atoms with Gasteiger partial charge in [-0.15, -0.1) is 0 Å². The molecule has 0 bridgehead atoms. The number of rotatable bonds is 40. The summed E-state index contributed by atoms with van der Waals surface area (Å²) in [5.74, 6) is -2.71. The number of aliphatic hydroxyl groups is 1. The van der Waals surface area contributed by atoms with E-state index in [1.54, 1.807) is 18.2 Å². The summed E-state index contributed by atoms with van der Waals surface area (Å²) in [5, 5.41) is 19.2. The Morgan fingerprint density at radius 1 is 0.607 bits per heavy atom. The minimum Gasteiger partial charge on any atom is -0.480 e. The van der Waals surface area contributed by atoms with Gasteiger partial charge in [0.2, 0.25) is 0 Å². The van der Waals surface area contributed by atoms with Crippen molar-refractivity contribution in [1.29, 1.82) is 0 Å². The standard InChI is InChI=1S/C48H78NO11P/c1-3-5-7-9-11-13-15-17-19-21-23-25-27-29-31-33-35-37-46(51)57-40-44(41-58-61(55,56)59-42-45(49)48(53)54)60-47(52)39-38-43(50)36-34-32-30-28-26-24-22-20-18-16-14-12-10-8-6-4-2/h6,8,11-14,17-20,24,26,30,32,34,36,43-45,50H,3-5,7,9-10,15-16,21-23,25,27-29,31,33,35,37-42,49H2,1-2H3,(H,53,54)(H,55,56)/b8-6-,13-11-,14-12-,19-17-,20-18-,26-24-,32-30-,36-34-/t43?,44-,45+/m1/s1. The van der Waals surface area contributed by atoms with Crippen LogP contribution < -0.4 is 5.73 Å². The van der Waals surface area contributed by atoms with Crippen molar-refractivity contribution in [2.24, 2.45) is 5.73 Å². The molecule has 12 nitrogen and oxygen atoms in total. The molecule has 13 heteroatoms. The zero-order chi connectivity index (χ0) is 45.1. The first-order valence-corrected chi connectivity index (χ1v) is 23.9. The van der Waals surface area contributed by atoms with Gasteiger partial charge in [-0.05, 0) is 77.0 Å². The first kappa shape index (κ1) is 57.4. The summed E-state index contributed by atoms with van der Waals surface area (Å²) in [6, 6.07) is -1.56. The van der Waals surface area contributed by atoms with E-state index in [-0.39, 0.29) is 19.3 Å². The fourth-order valence-corrected chi connectivity index (χ4v) is 6.16. The smallest absolute Gasteiger partial charge is 0.472 e. The maximum atomic E-state index is 12.7. The summed E-state index contributed by atoms with van der Waals surface area (Å²) in [6.45, 7) is 2.40. The van der Waals surface area contributed by atoms with Crippen LogP contribution in [0.1, 0.15) is 149 Å². The predicted molar refractivity (Wildman–Crippen MR) is 246 cm³/mol. The molecule has 61 heavy (non-hydrogen) atoms. The summed E-state index contributed by atoms with van der Waals surface area (Å²) < 4.78 is 32.5. The highest BCUT2D eigenvalue weighted by Crippen LogP contribution is 2.43. The van der Waals surface area contributed by atoms with Crippen LogP contribution in [0.3, 0.4) is 0 Å². The van der Waals surface area contributed by atoms with Crippen molar-refractivity contribution in [3.8, 4) is 0 Å². The molecular formula is C48H78NO11P. The number of carboxylic acids is 1. The monoisotopic (exact) mass is 876 g/mol. The van der Waals surface area contributed by atoms with Crippen molar-refractivity contribution in [1.82, 2.24) is 0 Å². The SMILES string of the molecule is CC/C=C\C/C=C\C/C=C\C/C=C\C/C=C\C=C/C(O)CCC(=O)O[C@H](COC(=O)CCCCCCCCC/C=C\C/C=C\CCCCC)COP(=O)(O)OC[C@H](N)C(=O)O. The van der Waals surface area contributed by atoms with E-state index in [0.717, 1.165) is 77.0 Å². The second kappa shape index (κ2) is 41.7. The molecule has 0 rings (SSSR count). The number of allylic oxidation sites excluding steroid dienone is 15. The number of aliphatic carboxylic acids is 1. The molecular weight excluding hydrogens is 797 g/mol. The normalized spacial score (nSPS) is 15.1. The molecule has 0 saturated heterocycles. The van der Waals surface area contributed by atoms with Gasteiger partial charge in [0.25, 0.3) is 0 Å². The van der Waals surface area contributed by atoms with E-state index in [2.05, 4.69) is 91.3 Å². The minimum atomic E-state index is -4.79. The van der Waals surface area contributed by atoms with E-state index >= 15 is 0 Å². The van der Waals surface area contributed by atoms with Crippen molar-refractivity contribution in [3.63, 3.8) is 0 Å². The molecule has 2 unspecified atom stereocenters. The highest BCUT2D eigenvalue weighted by atomic mass is 31.2. The van der Waals surface area contributed by atoms with Crippen LogP contribution in [0.4, 0.5) is 0 Å². The van der Waals surface area contributed by atoms with E-state index in [0.29, 0.717) is 6.42 Å². The number of carboxylic acid groups (broad SMARTS) is 1. The number of esters is 2. The van der Waals surface area contributed by atoms with Crippen molar-refractivity contribution >= 4 is 25.7 Å². The van der Waals surface area contributed by atoms with Crippen LogP contribution in [0, 0.1) is 0 Å². The summed E-state index contributed by atoms with van der Waals surface area (Å²) in [6.07, 6.45) is 49.4. The summed E-state index contributed by atoms with van der Waals surface area (Å²) >= 11 is 0. The molecule has 5 N–H and O–H groups in total. The molecule has 0 amide bonds. The second-order valence-electron chi connectivity index (χ2n) is 14.6. The molecule has 0 aliphatic carbocycles. The third-order valence-corrected chi connectivity index (χ3v) is 9.88. The number of hydrogen-bond acceptors (Lipinski definition) is 10. The Hall–Kier alpha value is -3.64. The van der Waals surface area contributed by atoms with Crippen molar-refractivity contribution in [2.45, 2.75) is 167 Å². The van der Waals surface area contributed by atoms with Gasteiger partial charge < -0.3 is 30.3 Å². The zero-order valence-electron chi connectivity index (χ0n) is 37.1. The molecule has 346 valence electrons. The van der Waals surface area contributed by atoms with Crippen molar-refractivity contribution in [3.05, 3.63) is 97.2 Å². The van der Waals surface area contributed by atoms with Gasteiger partial charge in [-0.3, -0.25) is 23.4 Å². The van der Waals surface area contributed by atoms with Gasteiger partial charge >= 0.3 is 25.7 Å². The lowest BCUT2D eigenvalue weighted by Gasteiger charge is -2.20. The molecule has 0 radical (unpaired) electrons. The first-order chi connectivity index (χ1) is 29.5. The van der Waals surface area contributed by atoms with Crippen LogP contribution in [-0.4, -0.2) is 71.1 Å². The quantitative estimate of drug-likeness (QED) is 0.0150. The van der Waals surface area contributed by atoms with E-state index in [1.807, 2.05) is 6.08 Å². The van der Waals surface area contributed by atoms with Crippen LogP contribution in [-0.2, 0) is 37.5 Å². The average Bonchev–Trinajstić information content (AvgIpc) is 3.23. The third kappa shape index (κ3) is 41.5. The van der Waals surface area contributed by atoms with Crippen LogP contribution in [0.2, 0.25) is 0 Å². The number of phosphoric acid groups is 1. The van der Waals surface area contributed by atoms with Gasteiger partial charge in [-0.25, -0.2) is 4.57 Å². The molecule has 0 aliphatic rings. The number of carbonyl (C=O) groups excluding carboxylic acids is 2. The molecule has 0 saturated carbocycles. The minimum absolute atomic E-state index is 0.0380. The first-order valence-electron chi connectivity index (χ1n) is 22.4. The van der Waals surface area contributed by atoms with E-state index in [9.17, 15) is 28.9 Å². The van der Waals surface area contributed by atoms with Gasteiger partial charge in [0.05, 0.1) is 19.3 Å². The van der Waals surface area contributed by atoms with Crippen molar-refractivity contribution in [2.75, 3.05) is 19.8 Å². The number of ether oxygens (including phenoxy) is 2. The number of phosphoric ester groups is 1. The molecule has 0 spiro atoms. The van der Waals surface area contributed by atoms with E-state index < -0.39 is 63.8 Å². The molecule has 0 aromatic rings. The van der Waals surface area contributed by atoms with Gasteiger partial charge in [-0.1, -0.05) is 156 Å². The molecule has 0 aromatic carbocycles. The maximum Gasteiger partial charge on any atom is 0.472 e. The van der Waals surface area contributed by atoms with Gasteiger partial charge in [-0.2, -0.15) is 0 Å². The largest absolute Gasteiger partial charge is 0.480 e. The zero-order valence-corrected chi connectivity index (χ0v) is 38.0. The fourth-order valence-electron chi connectivity index (χ4n) is 5.38. The van der Waals surface area contributed by atoms with E-state index in [1.165, 1.54) is 32.1 Å². The number of hydrogen-bond donors (Lipinski definition) is 4. The number of carbonyl (C=O) groups is 3. The molecule has 0 aromatic heterocycles. The summed E-state index contributed by atoms with van der Waals surface area (Å²) in [7, 11) is -4.79. The average molecular weight is 876 g/mol. The molecule has 0 aliphatic heterocycles. The summed E-state index contributed by atoms with van der Waals surface area (Å²) in [4.78, 5) is 46.0. The third-order valence-electron chi connectivity index (χ3n) is 8.93. The molecule has 0 fully saturated rings. The lowest BCUT2D eigenvalue weighted by molar-refractivity contribution is -0.161. The van der Waals surface area contributed by atoms with Gasteiger partial charge in [0.1, 0.15) is 12.6 Å². The number of nitrogens with two attached hydrogens (primary N) is 1. The fraction of sp³-hybridized carbons (Fsp3) is 0.604. The maximum absolute atomic E-state index is 12.7. The Bertz CT molecular complexity index is 1420. The lowest BCUT2D eigenvalue weighted by Crippen LogP contribution is -2.34. The Kier molecular flexibility index (Phi) is 39.2. The molecule has 0 heterocycles. The van der Waals surface area contributed by atoms with Crippen LogP contribution in [0.5, 0.6) is 0 Å². The number of unbranched alkanes of at least 4 members (excludes halogenated alkanes) is 10. The lowest BCUT2D eigenvalue weighted by atomic mass is 10.1. The van der Waals surface area contributed by atoms with Crippen molar-refractivity contribution < 1.29 is 52.6 Å². The second-order valence-corrected chi connectivity index (χ2v) is 16.1. The van der Waals surface area contributed by atoms with Gasteiger partial charge in [0, 0.05) is 12.8 Å². The highest BCUT2D eigenvalue weighted by Gasteiger charge is 2.28. The van der Waals surface area contributed by atoms with Crippen LogP contribution >= 0.6 is 7.82 Å². The van der Waals surface area contributed by atoms with E-state index in [4.69, 9.17) is 24.8 Å². The Morgan fingerprint density at radius 2 is 1.11 bits per heavy atom. The predicted octanol–water partition coefficient (Wildman–Crippen LogP) is 11.0. The highest BCUT2D eigenvalue weighted by molar-refractivity contribution is 7.47. The van der Waals surface area contributed by atoms with Crippen LogP contribution in [0.15, 0.2) is 97.2 Å². The van der Waals surface area contributed by atoms with Crippen LogP contribution in [0.25, 0.3) is 0 Å². The number of aliphatic hydroxyl groups excluding tert-OH is 1. The summed E-state index contributed by atoms with van der Waals surface area (Å²) in [5.41, 5.74) is 5.32.